The Morgan fingerprint density at radius 1 is 0.871 bits per heavy atom. The highest BCUT2D eigenvalue weighted by molar-refractivity contribution is 6.47. The van der Waals surface area contributed by atoms with Gasteiger partial charge in [0.05, 0.1) is 11.2 Å². The van der Waals surface area contributed by atoms with Crippen molar-refractivity contribution in [2.45, 2.75) is 84.0 Å². The first kappa shape index (κ1) is 23.6. The molecule has 4 nitrogen and oxygen atoms in total. The van der Waals surface area contributed by atoms with Crippen LogP contribution in [-0.4, -0.2) is 29.1 Å². The summed E-state index contributed by atoms with van der Waals surface area (Å²) in [6.45, 7) is 11.7. The molecule has 0 saturated carbocycles. The summed E-state index contributed by atoms with van der Waals surface area (Å²) in [6, 6.07) is 20.4. The minimum atomic E-state index is -0.345. The molecule has 0 bridgehead atoms. The van der Waals surface area contributed by atoms with Gasteiger partial charge in [-0.25, -0.2) is 0 Å². The average molecular weight is 421 g/mol. The second-order valence-corrected chi connectivity index (χ2v) is 9.55. The molecule has 166 valence electrons. The lowest BCUT2D eigenvalue weighted by molar-refractivity contribution is -0.132. The fraction of sp³-hybridized carbons (Fsp3) is 0.500. The molecule has 3 rings (SSSR count). The molecule has 0 radical (unpaired) electrons. The van der Waals surface area contributed by atoms with Crippen LogP contribution in [0.1, 0.15) is 65.0 Å². The van der Waals surface area contributed by atoms with Crippen molar-refractivity contribution < 1.29 is 14.1 Å². The minimum Gasteiger partial charge on any atom is -0.403 e. The van der Waals surface area contributed by atoms with Gasteiger partial charge in [0.25, 0.3) is 0 Å². The van der Waals surface area contributed by atoms with E-state index in [1.807, 2.05) is 41.3 Å². The number of carbonyl (C=O) groups is 1. The van der Waals surface area contributed by atoms with Crippen molar-refractivity contribution in [2.24, 2.45) is 0 Å². The van der Waals surface area contributed by atoms with Crippen LogP contribution in [0.25, 0.3) is 0 Å². The van der Waals surface area contributed by atoms with E-state index in [1.165, 1.54) is 0 Å². The summed E-state index contributed by atoms with van der Waals surface area (Å²) in [5.41, 5.74) is 1.60. The Bertz CT molecular complexity index is 781. The van der Waals surface area contributed by atoms with Crippen LogP contribution in [-0.2, 0) is 27.2 Å². The highest BCUT2D eigenvalue weighted by Crippen LogP contribution is 2.42. The highest BCUT2D eigenvalue weighted by atomic mass is 16.7. The zero-order chi connectivity index (χ0) is 22.5. The number of benzene rings is 2. The van der Waals surface area contributed by atoms with E-state index in [9.17, 15) is 4.79 Å². The molecular weight excluding hydrogens is 385 g/mol. The Labute approximate surface area is 188 Å². The highest BCUT2D eigenvalue weighted by Gasteiger charge is 2.53. The van der Waals surface area contributed by atoms with E-state index in [-0.39, 0.29) is 30.0 Å². The second-order valence-electron chi connectivity index (χ2n) is 9.55. The van der Waals surface area contributed by atoms with Gasteiger partial charge in [0.2, 0.25) is 5.91 Å². The van der Waals surface area contributed by atoms with E-state index in [4.69, 9.17) is 9.31 Å². The lowest BCUT2D eigenvalue weighted by atomic mass is 9.68. The van der Waals surface area contributed by atoms with E-state index in [2.05, 4.69) is 58.9 Å². The third-order valence-electron chi connectivity index (χ3n) is 6.69. The van der Waals surface area contributed by atoms with Crippen molar-refractivity contribution in [2.75, 3.05) is 0 Å². The molecule has 31 heavy (non-hydrogen) atoms. The van der Waals surface area contributed by atoms with Gasteiger partial charge in [-0.2, -0.15) is 0 Å². The van der Waals surface area contributed by atoms with Crippen LogP contribution in [0.15, 0.2) is 60.7 Å². The van der Waals surface area contributed by atoms with Gasteiger partial charge in [-0.15, -0.1) is 0 Å². The first-order valence-corrected chi connectivity index (χ1v) is 11.4. The van der Waals surface area contributed by atoms with Crippen LogP contribution in [0.5, 0.6) is 0 Å². The molecule has 5 heteroatoms. The third-order valence-corrected chi connectivity index (χ3v) is 6.69. The van der Waals surface area contributed by atoms with Crippen LogP contribution >= 0.6 is 0 Å². The van der Waals surface area contributed by atoms with Crippen molar-refractivity contribution in [3.8, 4) is 0 Å². The van der Waals surface area contributed by atoms with Gasteiger partial charge in [-0.05, 0) is 51.1 Å². The first-order chi connectivity index (χ1) is 14.7. The smallest absolute Gasteiger partial charge is 0.403 e. The fourth-order valence-corrected chi connectivity index (χ4v) is 3.92. The lowest BCUT2D eigenvalue weighted by Crippen LogP contribution is -2.41. The molecule has 1 atom stereocenters. The Morgan fingerprint density at radius 2 is 1.32 bits per heavy atom. The van der Waals surface area contributed by atoms with Gasteiger partial charge in [0, 0.05) is 19.5 Å². The topological polar surface area (TPSA) is 38.8 Å². The van der Waals surface area contributed by atoms with Crippen molar-refractivity contribution in [1.29, 1.82) is 0 Å². The van der Waals surface area contributed by atoms with Crippen molar-refractivity contribution >= 4 is 13.0 Å². The molecule has 1 amide bonds. The standard InChI is InChI=1S/C26H36BNO3/c1-6-23(27-30-25(2,3)26(4,5)31-27)17-18-24(29)28(19-21-13-9-7-10-14-21)20-22-15-11-8-12-16-22/h7-16,23H,6,17-20H2,1-5H3/t23-/m1/s1. The SMILES string of the molecule is CC[C@H](CCC(=O)N(Cc1ccccc1)Cc1ccccc1)B1OC(C)(C)C(C)(C)O1. The Kier molecular flexibility index (Phi) is 7.61. The van der Waals surface area contributed by atoms with Crippen LogP contribution in [0.3, 0.4) is 0 Å². The molecule has 0 spiro atoms. The van der Waals surface area contributed by atoms with Crippen molar-refractivity contribution in [3.63, 3.8) is 0 Å². The third kappa shape index (κ3) is 5.99. The molecule has 1 saturated heterocycles. The Morgan fingerprint density at radius 3 is 1.74 bits per heavy atom. The van der Waals surface area contributed by atoms with Crippen molar-refractivity contribution in [3.05, 3.63) is 71.8 Å². The van der Waals surface area contributed by atoms with Gasteiger partial charge in [-0.1, -0.05) is 74.0 Å². The largest absolute Gasteiger partial charge is 0.461 e. The number of amides is 1. The Balaban J connectivity index is 1.66. The average Bonchev–Trinajstić information content (AvgIpc) is 2.96. The second kappa shape index (κ2) is 10.0. The van der Waals surface area contributed by atoms with E-state index >= 15 is 0 Å². The van der Waals surface area contributed by atoms with Crippen LogP contribution in [0.2, 0.25) is 5.82 Å². The monoisotopic (exact) mass is 421 g/mol. The summed E-state index contributed by atoms with van der Waals surface area (Å²) in [7, 11) is -0.264. The van der Waals surface area contributed by atoms with Gasteiger partial charge >= 0.3 is 7.12 Å². The summed E-state index contributed by atoms with van der Waals surface area (Å²) in [4.78, 5) is 15.2. The number of carbonyl (C=O) groups excluding carboxylic acids is 1. The molecule has 0 unspecified atom stereocenters. The number of hydrogen-bond donors (Lipinski definition) is 0. The van der Waals surface area contributed by atoms with Gasteiger partial charge in [-0.3, -0.25) is 4.79 Å². The number of hydrogen-bond acceptors (Lipinski definition) is 3. The quantitative estimate of drug-likeness (QED) is 0.476. The fourth-order valence-electron chi connectivity index (χ4n) is 3.92. The summed E-state index contributed by atoms with van der Waals surface area (Å²) in [5, 5.41) is 0. The number of nitrogens with zero attached hydrogens (tertiary/aromatic N) is 1. The summed E-state index contributed by atoms with van der Waals surface area (Å²) in [5.74, 6) is 0.364. The molecule has 0 N–H and O–H groups in total. The molecule has 1 aliphatic heterocycles. The number of rotatable bonds is 9. The van der Waals surface area contributed by atoms with Gasteiger partial charge in [0.1, 0.15) is 0 Å². The zero-order valence-corrected chi connectivity index (χ0v) is 19.6. The summed E-state index contributed by atoms with van der Waals surface area (Å²) in [6.07, 6.45) is 2.16. The summed E-state index contributed by atoms with van der Waals surface area (Å²) >= 11 is 0. The molecular formula is C26H36BNO3. The molecule has 2 aromatic rings. The van der Waals surface area contributed by atoms with Crippen LogP contribution in [0, 0.1) is 0 Å². The van der Waals surface area contributed by atoms with Crippen molar-refractivity contribution in [1.82, 2.24) is 4.90 Å². The maximum Gasteiger partial charge on any atom is 0.461 e. The molecule has 1 fully saturated rings. The summed E-state index contributed by atoms with van der Waals surface area (Å²) < 4.78 is 12.5. The van der Waals surface area contributed by atoms with E-state index < -0.39 is 0 Å². The normalized spacial score (nSPS) is 18.0. The lowest BCUT2D eigenvalue weighted by Gasteiger charge is -2.32. The zero-order valence-electron chi connectivity index (χ0n) is 19.6. The van der Waals surface area contributed by atoms with Crippen LogP contribution in [0.4, 0.5) is 0 Å². The molecule has 1 aliphatic rings. The van der Waals surface area contributed by atoms with E-state index in [1.54, 1.807) is 0 Å². The molecule has 0 aliphatic carbocycles. The maximum absolute atomic E-state index is 13.3. The maximum atomic E-state index is 13.3. The minimum absolute atomic E-state index is 0.169. The molecule has 1 heterocycles. The van der Waals surface area contributed by atoms with Gasteiger partial charge in [0.15, 0.2) is 0 Å². The van der Waals surface area contributed by atoms with E-state index in [0.29, 0.717) is 19.5 Å². The predicted molar refractivity (Wildman–Crippen MR) is 126 cm³/mol. The van der Waals surface area contributed by atoms with E-state index in [0.717, 1.165) is 24.0 Å². The van der Waals surface area contributed by atoms with Gasteiger partial charge < -0.3 is 14.2 Å². The molecule has 2 aromatic carbocycles. The van der Waals surface area contributed by atoms with Crippen LogP contribution < -0.4 is 0 Å². The first-order valence-electron chi connectivity index (χ1n) is 11.4. The predicted octanol–water partition coefficient (Wildman–Crippen LogP) is 5.87. The molecule has 0 aromatic heterocycles. The Hall–Kier alpha value is -2.11.